The molecule has 4 heteroatoms. The van der Waals surface area contributed by atoms with E-state index in [2.05, 4.69) is 4.98 Å². The molecule has 2 heterocycles. The standard InChI is InChI=1S/C11H14FNO2/c1-8-5-11(13-6-10(8)12)15-7-9-3-2-4-14-9/h5-6,9H,2-4,7H2,1H3. The molecule has 82 valence electrons. The van der Waals surface area contributed by atoms with Gasteiger partial charge in [-0.3, -0.25) is 0 Å². The SMILES string of the molecule is Cc1cc(OCC2CCCO2)ncc1F. The topological polar surface area (TPSA) is 31.4 Å². The lowest BCUT2D eigenvalue weighted by molar-refractivity contribution is 0.0662. The lowest BCUT2D eigenvalue weighted by Gasteiger charge is -2.10. The summed E-state index contributed by atoms with van der Waals surface area (Å²) in [4.78, 5) is 3.85. The quantitative estimate of drug-likeness (QED) is 0.767. The number of halogens is 1. The van der Waals surface area contributed by atoms with Gasteiger partial charge in [0.15, 0.2) is 0 Å². The fourth-order valence-electron chi connectivity index (χ4n) is 1.55. The summed E-state index contributed by atoms with van der Waals surface area (Å²) in [5, 5.41) is 0. The molecule has 1 aliphatic rings. The summed E-state index contributed by atoms with van der Waals surface area (Å²) in [5.74, 6) is 0.156. The Hall–Kier alpha value is -1.16. The predicted octanol–water partition coefficient (Wildman–Crippen LogP) is 2.09. The van der Waals surface area contributed by atoms with Crippen molar-refractivity contribution in [1.82, 2.24) is 4.98 Å². The number of rotatable bonds is 3. The average molecular weight is 211 g/mol. The highest BCUT2D eigenvalue weighted by Gasteiger charge is 2.16. The number of aromatic nitrogens is 1. The van der Waals surface area contributed by atoms with E-state index in [4.69, 9.17) is 9.47 Å². The Morgan fingerprint density at radius 2 is 2.53 bits per heavy atom. The number of pyridine rings is 1. The fraction of sp³-hybridized carbons (Fsp3) is 0.545. The number of aryl methyl sites for hydroxylation is 1. The van der Waals surface area contributed by atoms with Gasteiger partial charge in [0.25, 0.3) is 0 Å². The first kappa shape index (κ1) is 10.4. The molecule has 0 saturated carbocycles. The molecule has 3 nitrogen and oxygen atoms in total. The van der Waals surface area contributed by atoms with Crippen molar-refractivity contribution in [3.63, 3.8) is 0 Å². The smallest absolute Gasteiger partial charge is 0.213 e. The molecule has 15 heavy (non-hydrogen) atoms. The van der Waals surface area contributed by atoms with Gasteiger partial charge < -0.3 is 9.47 Å². The molecule has 1 unspecified atom stereocenters. The number of nitrogens with zero attached hydrogens (tertiary/aromatic N) is 1. The van der Waals surface area contributed by atoms with Gasteiger partial charge >= 0.3 is 0 Å². The van der Waals surface area contributed by atoms with Gasteiger partial charge in [-0.25, -0.2) is 9.37 Å². The normalized spacial score (nSPS) is 20.5. The van der Waals surface area contributed by atoms with Crippen LogP contribution in [-0.2, 0) is 4.74 Å². The van der Waals surface area contributed by atoms with Crippen LogP contribution in [0, 0.1) is 12.7 Å². The third-order valence-electron chi connectivity index (χ3n) is 2.46. The van der Waals surface area contributed by atoms with Crippen LogP contribution in [0.3, 0.4) is 0 Å². The lowest BCUT2D eigenvalue weighted by Crippen LogP contribution is -2.16. The zero-order valence-corrected chi connectivity index (χ0v) is 8.70. The Morgan fingerprint density at radius 1 is 1.67 bits per heavy atom. The molecule has 1 aromatic rings. The highest BCUT2D eigenvalue weighted by molar-refractivity contribution is 5.20. The molecule has 0 bridgehead atoms. The first-order valence-corrected chi connectivity index (χ1v) is 5.12. The summed E-state index contributed by atoms with van der Waals surface area (Å²) in [6, 6.07) is 1.60. The van der Waals surface area contributed by atoms with E-state index in [-0.39, 0.29) is 11.9 Å². The number of hydrogen-bond acceptors (Lipinski definition) is 3. The number of hydrogen-bond donors (Lipinski definition) is 0. The van der Waals surface area contributed by atoms with Crippen molar-refractivity contribution in [2.24, 2.45) is 0 Å². The van der Waals surface area contributed by atoms with E-state index in [0.717, 1.165) is 19.4 Å². The second-order valence-corrected chi connectivity index (χ2v) is 3.72. The van der Waals surface area contributed by atoms with Crippen LogP contribution in [0.1, 0.15) is 18.4 Å². The average Bonchev–Trinajstić information content (AvgIpc) is 2.73. The molecule has 2 rings (SSSR count). The number of ether oxygens (including phenoxy) is 2. The molecule has 1 atom stereocenters. The molecule has 0 amide bonds. The summed E-state index contributed by atoms with van der Waals surface area (Å²) in [6.07, 6.45) is 3.46. The highest BCUT2D eigenvalue weighted by Crippen LogP contribution is 2.16. The van der Waals surface area contributed by atoms with Gasteiger partial charge in [-0.05, 0) is 25.3 Å². The van der Waals surface area contributed by atoms with E-state index in [9.17, 15) is 4.39 Å². The summed E-state index contributed by atoms with van der Waals surface area (Å²) in [7, 11) is 0. The third-order valence-corrected chi connectivity index (χ3v) is 2.46. The van der Waals surface area contributed by atoms with Gasteiger partial charge in [-0.2, -0.15) is 0 Å². The maximum absolute atomic E-state index is 12.9. The van der Waals surface area contributed by atoms with E-state index in [0.29, 0.717) is 18.1 Å². The van der Waals surface area contributed by atoms with Gasteiger partial charge in [0.2, 0.25) is 5.88 Å². The van der Waals surface area contributed by atoms with Gasteiger partial charge in [0, 0.05) is 12.7 Å². The molecule has 0 N–H and O–H groups in total. The maximum atomic E-state index is 12.9. The van der Waals surface area contributed by atoms with Gasteiger partial charge in [-0.1, -0.05) is 0 Å². The van der Waals surface area contributed by atoms with Crippen molar-refractivity contribution in [2.75, 3.05) is 13.2 Å². The molecule has 0 aromatic carbocycles. The van der Waals surface area contributed by atoms with E-state index in [1.165, 1.54) is 6.20 Å². The first-order chi connectivity index (χ1) is 7.25. The lowest BCUT2D eigenvalue weighted by atomic mass is 10.2. The minimum Gasteiger partial charge on any atom is -0.475 e. The zero-order chi connectivity index (χ0) is 10.7. The molecule has 0 aliphatic carbocycles. The molecule has 1 saturated heterocycles. The van der Waals surface area contributed by atoms with Gasteiger partial charge in [0.05, 0.1) is 12.3 Å². The highest BCUT2D eigenvalue weighted by atomic mass is 19.1. The molecule has 1 aromatic heterocycles. The molecular weight excluding hydrogens is 197 g/mol. The Morgan fingerprint density at radius 3 is 3.20 bits per heavy atom. The van der Waals surface area contributed by atoms with E-state index in [1.807, 2.05) is 0 Å². The summed E-state index contributed by atoms with van der Waals surface area (Å²) in [6.45, 7) is 3.00. The Kier molecular flexibility index (Phi) is 3.16. The van der Waals surface area contributed by atoms with Gasteiger partial charge in [-0.15, -0.1) is 0 Å². The second-order valence-electron chi connectivity index (χ2n) is 3.72. The van der Waals surface area contributed by atoms with Crippen LogP contribution >= 0.6 is 0 Å². The molecular formula is C11H14FNO2. The summed E-state index contributed by atoms with van der Waals surface area (Å²) < 4.78 is 23.7. The fourth-order valence-corrected chi connectivity index (χ4v) is 1.55. The van der Waals surface area contributed by atoms with Crippen LogP contribution in [-0.4, -0.2) is 24.3 Å². The third kappa shape index (κ3) is 2.65. The zero-order valence-electron chi connectivity index (χ0n) is 8.70. The van der Waals surface area contributed by atoms with Crippen LogP contribution in [0.25, 0.3) is 0 Å². The monoisotopic (exact) mass is 211 g/mol. The van der Waals surface area contributed by atoms with Gasteiger partial charge in [0.1, 0.15) is 12.4 Å². The van der Waals surface area contributed by atoms with Crippen LogP contribution < -0.4 is 4.74 Å². The Balaban J connectivity index is 1.90. The van der Waals surface area contributed by atoms with E-state index in [1.54, 1.807) is 13.0 Å². The first-order valence-electron chi connectivity index (χ1n) is 5.12. The molecule has 0 radical (unpaired) electrons. The van der Waals surface area contributed by atoms with Crippen LogP contribution in [0.5, 0.6) is 5.88 Å². The van der Waals surface area contributed by atoms with E-state index < -0.39 is 0 Å². The molecule has 0 spiro atoms. The predicted molar refractivity (Wildman–Crippen MR) is 53.4 cm³/mol. The minimum absolute atomic E-state index is 0.164. The van der Waals surface area contributed by atoms with Crippen LogP contribution in [0.2, 0.25) is 0 Å². The second kappa shape index (κ2) is 4.57. The van der Waals surface area contributed by atoms with Crippen molar-refractivity contribution < 1.29 is 13.9 Å². The minimum atomic E-state index is -0.306. The van der Waals surface area contributed by atoms with Crippen LogP contribution in [0.4, 0.5) is 4.39 Å². The van der Waals surface area contributed by atoms with Crippen molar-refractivity contribution in [1.29, 1.82) is 0 Å². The summed E-state index contributed by atoms with van der Waals surface area (Å²) >= 11 is 0. The van der Waals surface area contributed by atoms with Crippen molar-refractivity contribution in [2.45, 2.75) is 25.9 Å². The summed E-state index contributed by atoms with van der Waals surface area (Å²) in [5.41, 5.74) is 0.548. The largest absolute Gasteiger partial charge is 0.475 e. The molecule has 1 fully saturated rings. The van der Waals surface area contributed by atoms with Crippen molar-refractivity contribution in [3.8, 4) is 5.88 Å². The Bertz CT molecular complexity index is 337. The maximum Gasteiger partial charge on any atom is 0.213 e. The molecule has 1 aliphatic heterocycles. The van der Waals surface area contributed by atoms with E-state index >= 15 is 0 Å². The Labute approximate surface area is 88.2 Å². The van der Waals surface area contributed by atoms with Crippen LogP contribution in [0.15, 0.2) is 12.3 Å². The van der Waals surface area contributed by atoms with Crippen molar-refractivity contribution >= 4 is 0 Å². The van der Waals surface area contributed by atoms with Crippen molar-refractivity contribution in [3.05, 3.63) is 23.6 Å².